The molecular formula is C22H42O6. The molecule has 0 aliphatic heterocycles. The van der Waals surface area contributed by atoms with E-state index in [0.29, 0.717) is 0 Å². The SMILES string of the molecule is CCC(OC(C)C)(C(=O)OC(C)(C)C)C(CC)(OC(C)C)C(=O)OC(C)(C)C. The number of hydrogen-bond acceptors (Lipinski definition) is 6. The quantitative estimate of drug-likeness (QED) is 0.515. The molecule has 28 heavy (non-hydrogen) atoms. The number of carbonyl (C=O) groups excluding carboxylic acids is 2. The van der Waals surface area contributed by atoms with Gasteiger partial charge in [0.15, 0.2) is 0 Å². The molecule has 0 saturated carbocycles. The highest BCUT2D eigenvalue weighted by molar-refractivity contribution is 5.93. The maximum Gasteiger partial charge on any atom is 0.342 e. The maximum atomic E-state index is 13.5. The maximum absolute atomic E-state index is 13.5. The summed E-state index contributed by atoms with van der Waals surface area (Å²) in [7, 11) is 0. The van der Waals surface area contributed by atoms with Gasteiger partial charge >= 0.3 is 11.9 Å². The summed E-state index contributed by atoms with van der Waals surface area (Å²) in [6.07, 6.45) is -0.284. The smallest absolute Gasteiger partial charge is 0.342 e. The van der Waals surface area contributed by atoms with Gasteiger partial charge in [-0.1, -0.05) is 13.8 Å². The molecule has 0 N–H and O–H groups in total. The minimum atomic E-state index is -1.64. The molecule has 0 aromatic heterocycles. The van der Waals surface area contributed by atoms with Gasteiger partial charge in [0.2, 0.25) is 11.2 Å². The van der Waals surface area contributed by atoms with E-state index < -0.39 is 34.3 Å². The summed E-state index contributed by atoms with van der Waals surface area (Å²) >= 11 is 0. The van der Waals surface area contributed by atoms with Gasteiger partial charge in [0.1, 0.15) is 11.2 Å². The van der Waals surface area contributed by atoms with Crippen LogP contribution in [0.25, 0.3) is 0 Å². The molecule has 166 valence electrons. The summed E-state index contributed by atoms with van der Waals surface area (Å²) in [6.45, 7) is 21.6. The molecule has 0 aliphatic rings. The zero-order valence-electron chi connectivity index (χ0n) is 20.0. The molecule has 6 heteroatoms. The molecule has 0 saturated heterocycles. The average molecular weight is 403 g/mol. The van der Waals surface area contributed by atoms with Crippen LogP contribution >= 0.6 is 0 Å². The van der Waals surface area contributed by atoms with Gasteiger partial charge in [-0.2, -0.15) is 0 Å². The van der Waals surface area contributed by atoms with E-state index in [1.165, 1.54) is 0 Å². The normalized spacial score (nSPS) is 17.2. The first-order valence-electron chi connectivity index (χ1n) is 10.3. The van der Waals surface area contributed by atoms with Crippen LogP contribution in [0, 0.1) is 0 Å². The second-order valence-electron chi connectivity index (χ2n) is 9.70. The Hall–Kier alpha value is -1.14. The molecule has 0 radical (unpaired) electrons. The van der Waals surface area contributed by atoms with Gasteiger partial charge in [0, 0.05) is 0 Å². The Balaban J connectivity index is 6.73. The zero-order valence-corrected chi connectivity index (χ0v) is 20.0. The van der Waals surface area contributed by atoms with Gasteiger partial charge in [-0.05, 0) is 82.1 Å². The third kappa shape index (κ3) is 6.73. The van der Waals surface area contributed by atoms with Crippen molar-refractivity contribution in [1.82, 2.24) is 0 Å². The molecule has 0 amide bonds. The summed E-state index contributed by atoms with van der Waals surface area (Å²) < 4.78 is 23.8. The fourth-order valence-electron chi connectivity index (χ4n) is 3.17. The van der Waals surface area contributed by atoms with Crippen molar-refractivity contribution < 1.29 is 28.5 Å². The Morgan fingerprint density at radius 2 is 0.893 bits per heavy atom. The predicted molar refractivity (Wildman–Crippen MR) is 110 cm³/mol. The number of ether oxygens (including phenoxy) is 4. The van der Waals surface area contributed by atoms with Gasteiger partial charge < -0.3 is 18.9 Å². The van der Waals surface area contributed by atoms with Crippen molar-refractivity contribution in [3.05, 3.63) is 0 Å². The third-order valence-electron chi connectivity index (χ3n) is 3.98. The lowest BCUT2D eigenvalue weighted by Gasteiger charge is -2.48. The topological polar surface area (TPSA) is 71.1 Å². The van der Waals surface area contributed by atoms with Crippen LogP contribution in [-0.4, -0.2) is 46.6 Å². The first kappa shape index (κ1) is 26.9. The molecule has 0 aliphatic carbocycles. The molecule has 0 aromatic carbocycles. The molecule has 0 rings (SSSR count). The van der Waals surface area contributed by atoms with Crippen LogP contribution < -0.4 is 0 Å². The average Bonchev–Trinajstić information content (AvgIpc) is 2.46. The van der Waals surface area contributed by atoms with Crippen LogP contribution in [0.15, 0.2) is 0 Å². The number of carbonyl (C=O) groups is 2. The monoisotopic (exact) mass is 402 g/mol. The van der Waals surface area contributed by atoms with Crippen LogP contribution in [-0.2, 0) is 28.5 Å². The van der Waals surface area contributed by atoms with Gasteiger partial charge in [-0.15, -0.1) is 0 Å². The van der Waals surface area contributed by atoms with E-state index in [9.17, 15) is 9.59 Å². The van der Waals surface area contributed by atoms with E-state index in [-0.39, 0.29) is 25.0 Å². The van der Waals surface area contributed by atoms with E-state index in [4.69, 9.17) is 18.9 Å². The summed E-state index contributed by atoms with van der Waals surface area (Å²) in [6, 6.07) is 0. The molecule has 0 aromatic rings. The predicted octanol–water partition coefficient (Wildman–Crippen LogP) is 4.82. The number of esters is 2. The van der Waals surface area contributed by atoms with Gasteiger partial charge in [0.05, 0.1) is 12.2 Å². The molecule has 2 unspecified atom stereocenters. The lowest BCUT2D eigenvalue weighted by molar-refractivity contribution is -0.260. The summed E-state index contributed by atoms with van der Waals surface area (Å²) in [5.41, 5.74) is -4.78. The minimum absolute atomic E-state index is 0.194. The van der Waals surface area contributed by atoms with Crippen LogP contribution in [0.1, 0.15) is 95.9 Å². The van der Waals surface area contributed by atoms with Crippen LogP contribution in [0.5, 0.6) is 0 Å². The van der Waals surface area contributed by atoms with Crippen LogP contribution in [0.2, 0.25) is 0 Å². The summed E-state index contributed by atoms with van der Waals surface area (Å²) in [5.74, 6) is -1.24. The van der Waals surface area contributed by atoms with Gasteiger partial charge in [-0.3, -0.25) is 0 Å². The Morgan fingerprint density at radius 3 is 1.04 bits per heavy atom. The Morgan fingerprint density at radius 1 is 0.643 bits per heavy atom. The van der Waals surface area contributed by atoms with Crippen molar-refractivity contribution >= 4 is 11.9 Å². The van der Waals surface area contributed by atoms with E-state index in [2.05, 4.69) is 0 Å². The Labute approximate surface area is 171 Å². The standard InChI is InChI=1S/C22H42O6/c1-13-21(25-15(3)4,17(23)27-19(7,8)9)22(14-2,26-16(5)6)18(24)28-20(10,11)12/h15-16H,13-14H2,1-12H3. The highest BCUT2D eigenvalue weighted by Gasteiger charge is 2.65. The van der Waals surface area contributed by atoms with E-state index >= 15 is 0 Å². The second-order valence-corrected chi connectivity index (χ2v) is 9.70. The second kappa shape index (κ2) is 9.57. The summed E-state index contributed by atoms with van der Waals surface area (Å²) in [4.78, 5) is 26.9. The molecule has 0 spiro atoms. The number of rotatable bonds is 9. The van der Waals surface area contributed by atoms with Crippen molar-refractivity contribution in [3.8, 4) is 0 Å². The lowest BCUT2D eigenvalue weighted by atomic mass is 9.77. The Bertz CT molecular complexity index is 478. The fraction of sp³-hybridized carbons (Fsp3) is 0.909. The molecule has 0 fully saturated rings. The van der Waals surface area contributed by atoms with Gasteiger partial charge in [0.25, 0.3) is 0 Å². The zero-order chi connectivity index (χ0) is 22.6. The molecule has 0 bridgehead atoms. The largest absolute Gasteiger partial charge is 0.458 e. The van der Waals surface area contributed by atoms with Crippen LogP contribution in [0.3, 0.4) is 0 Å². The number of hydrogen-bond donors (Lipinski definition) is 0. The first-order valence-corrected chi connectivity index (χ1v) is 10.3. The van der Waals surface area contributed by atoms with E-state index in [0.717, 1.165) is 0 Å². The highest BCUT2D eigenvalue weighted by atomic mass is 16.6. The van der Waals surface area contributed by atoms with E-state index in [1.807, 2.05) is 27.7 Å². The minimum Gasteiger partial charge on any atom is -0.458 e. The van der Waals surface area contributed by atoms with Crippen molar-refractivity contribution in [3.63, 3.8) is 0 Å². The third-order valence-corrected chi connectivity index (χ3v) is 3.98. The van der Waals surface area contributed by atoms with Crippen molar-refractivity contribution in [2.45, 2.75) is 131 Å². The lowest BCUT2D eigenvalue weighted by Crippen LogP contribution is -2.69. The fourth-order valence-corrected chi connectivity index (χ4v) is 3.17. The molecule has 6 nitrogen and oxygen atoms in total. The summed E-state index contributed by atoms with van der Waals surface area (Å²) in [5, 5.41) is 0. The van der Waals surface area contributed by atoms with Crippen molar-refractivity contribution in [1.29, 1.82) is 0 Å². The Kier molecular flexibility index (Phi) is 9.18. The molecule has 2 atom stereocenters. The van der Waals surface area contributed by atoms with Crippen molar-refractivity contribution in [2.24, 2.45) is 0 Å². The van der Waals surface area contributed by atoms with E-state index in [1.54, 1.807) is 55.4 Å². The first-order chi connectivity index (χ1) is 12.5. The highest BCUT2D eigenvalue weighted by Crippen LogP contribution is 2.42. The molecular weight excluding hydrogens is 360 g/mol. The van der Waals surface area contributed by atoms with Crippen molar-refractivity contribution in [2.75, 3.05) is 0 Å². The van der Waals surface area contributed by atoms with Gasteiger partial charge in [-0.25, -0.2) is 9.59 Å². The molecule has 0 heterocycles. The van der Waals surface area contributed by atoms with Crippen LogP contribution in [0.4, 0.5) is 0 Å².